The molecular weight excluding hydrogens is 544 g/mol. The lowest BCUT2D eigenvalue weighted by Gasteiger charge is -2.24. The van der Waals surface area contributed by atoms with Gasteiger partial charge in [-0.3, -0.25) is 14.5 Å². The standard InChI is InChI=1S/C31H28N2O7S/c1-15-6-8-20-24(10-15)41-31(32-20)33-26(19-13-22(37-3)29(39-5)23(14-19)38-4)25(28(35)30(33)36)27(34)17-7-9-21-18(12-17)11-16(2)40-21/h6-10,12-14,16,26,34H,11H2,1-5H3/t16-,26-/m1/s1. The number of fused-ring (bicyclic) bond motifs is 2. The van der Waals surface area contributed by atoms with E-state index in [9.17, 15) is 14.7 Å². The average Bonchev–Trinajstić information content (AvgIpc) is 3.63. The van der Waals surface area contributed by atoms with Gasteiger partial charge in [0.25, 0.3) is 5.78 Å². The second-order valence-corrected chi connectivity index (χ2v) is 11.1. The van der Waals surface area contributed by atoms with Crippen molar-refractivity contribution in [3.05, 3.63) is 76.4 Å². The summed E-state index contributed by atoms with van der Waals surface area (Å²) in [6.07, 6.45) is 0.682. The number of rotatable bonds is 6. The molecule has 9 nitrogen and oxygen atoms in total. The Balaban J connectivity index is 1.59. The van der Waals surface area contributed by atoms with Gasteiger partial charge in [0.1, 0.15) is 17.6 Å². The summed E-state index contributed by atoms with van der Waals surface area (Å²) in [6.45, 7) is 3.94. The van der Waals surface area contributed by atoms with E-state index in [0.29, 0.717) is 45.4 Å². The number of nitrogens with zero attached hydrogens (tertiary/aromatic N) is 2. The number of benzene rings is 3. The quantitative estimate of drug-likeness (QED) is 0.181. The molecule has 41 heavy (non-hydrogen) atoms. The molecule has 0 bridgehead atoms. The maximum atomic E-state index is 13.7. The van der Waals surface area contributed by atoms with Gasteiger partial charge in [-0.1, -0.05) is 17.4 Å². The zero-order valence-electron chi connectivity index (χ0n) is 23.2. The van der Waals surface area contributed by atoms with E-state index >= 15 is 0 Å². The van der Waals surface area contributed by atoms with Crippen LogP contribution in [0.1, 0.15) is 35.2 Å². The van der Waals surface area contributed by atoms with E-state index < -0.39 is 17.7 Å². The first kappa shape index (κ1) is 26.6. The number of aliphatic hydroxyl groups excluding tert-OH is 1. The number of carbonyl (C=O) groups excluding carboxylic acids is 2. The fraction of sp³-hybridized carbons (Fsp3) is 0.258. The molecule has 3 heterocycles. The molecule has 0 unspecified atom stereocenters. The number of ketones is 1. The van der Waals surface area contributed by atoms with E-state index in [1.165, 1.54) is 37.6 Å². The van der Waals surface area contributed by atoms with Gasteiger partial charge >= 0.3 is 5.91 Å². The molecule has 210 valence electrons. The lowest BCUT2D eigenvalue weighted by molar-refractivity contribution is -0.132. The fourth-order valence-electron chi connectivity index (χ4n) is 5.45. The SMILES string of the molecule is COc1cc([C@@H]2C(=C(O)c3ccc4c(c3)C[C@@H](C)O4)C(=O)C(=O)N2c2nc3ccc(C)cc3s2)cc(OC)c1OC. The summed E-state index contributed by atoms with van der Waals surface area (Å²) < 4.78 is 23.3. The van der Waals surface area contributed by atoms with Crippen molar-refractivity contribution in [2.45, 2.75) is 32.4 Å². The summed E-state index contributed by atoms with van der Waals surface area (Å²) in [4.78, 5) is 33.5. The van der Waals surface area contributed by atoms with E-state index in [4.69, 9.17) is 23.9 Å². The summed E-state index contributed by atoms with van der Waals surface area (Å²) in [5.41, 5.74) is 3.50. The normalized spacial score (nSPS) is 19.4. The van der Waals surface area contributed by atoms with Crippen LogP contribution in [0.25, 0.3) is 16.0 Å². The minimum Gasteiger partial charge on any atom is -0.507 e. The Morgan fingerprint density at radius 1 is 1.02 bits per heavy atom. The number of hydrogen-bond acceptors (Lipinski definition) is 9. The minimum atomic E-state index is -1.02. The molecule has 4 aromatic rings. The monoisotopic (exact) mass is 572 g/mol. The number of anilines is 1. The van der Waals surface area contributed by atoms with Crippen molar-refractivity contribution < 1.29 is 33.6 Å². The number of aliphatic hydroxyl groups is 1. The van der Waals surface area contributed by atoms with Crippen molar-refractivity contribution in [1.82, 2.24) is 4.98 Å². The van der Waals surface area contributed by atoms with Crippen LogP contribution in [0.2, 0.25) is 0 Å². The fourth-order valence-corrected chi connectivity index (χ4v) is 6.54. The van der Waals surface area contributed by atoms with Crippen LogP contribution in [0.4, 0.5) is 5.13 Å². The third-order valence-corrected chi connectivity index (χ3v) is 8.37. The number of thiazole rings is 1. The average molecular weight is 573 g/mol. The van der Waals surface area contributed by atoms with Gasteiger partial charge in [0, 0.05) is 12.0 Å². The van der Waals surface area contributed by atoms with Crippen molar-refractivity contribution in [2.24, 2.45) is 0 Å². The number of amides is 1. The maximum Gasteiger partial charge on any atom is 0.301 e. The molecule has 1 aromatic heterocycles. The van der Waals surface area contributed by atoms with Crippen molar-refractivity contribution in [2.75, 3.05) is 26.2 Å². The van der Waals surface area contributed by atoms with E-state index in [1.54, 1.807) is 30.3 Å². The predicted molar refractivity (Wildman–Crippen MR) is 155 cm³/mol. The third kappa shape index (κ3) is 4.35. The summed E-state index contributed by atoms with van der Waals surface area (Å²) >= 11 is 1.30. The molecule has 1 N–H and O–H groups in total. The van der Waals surface area contributed by atoms with Crippen LogP contribution < -0.4 is 23.8 Å². The number of hydrogen-bond donors (Lipinski definition) is 1. The van der Waals surface area contributed by atoms with Gasteiger partial charge < -0.3 is 24.1 Å². The van der Waals surface area contributed by atoms with Gasteiger partial charge in [0.15, 0.2) is 16.6 Å². The summed E-state index contributed by atoms with van der Waals surface area (Å²) in [5, 5.41) is 12.0. The predicted octanol–water partition coefficient (Wildman–Crippen LogP) is 5.58. The molecule has 0 spiro atoms. The lowest BCUT2D eigenvalue weighted by atomic mass is 9.94. The highest BCUT2D eigenvalue weighted by atomic mass is 32.1. The molecular formula is C31H28N2O7S. The number of carbonyl (C=O) groups is 2. The Morgan fingerprint density at radius 3 is 2.44 bits per heavy atom. The van der Waals surface area contributed by atoms with Crippen LogP contribution in [0.15, 0.2) is 54.1 Å². The van der Waals surface area contributed by atoms with Crippen LogP contribution >= 0.6 is 11.3 Å². The summed E-state index contributed by atoms with van der Waals surface area (Å²) in [6, 6.07) is 13.4. The van der Waals surface area contributed by atoms with Gasteiger partial charge in [0.2, 0.25) is 5.75 Å². The molecule has 6 rings (SSSR count). The van der Waals surface area contributed by atoms with Crippen molar-refractivity contribution in [3.8, 4) is 23.0 Å². The molecule has 10 heteroatoms. The summed E-state index contributed by atoms with van der Waals surface area (Å²) in [5.74, 6) is -0.115. The first-order valence-electron chi connectivity index (χ1n) is 13.0. The summed E-state index contributed by atoms with van der Waals surface area (Å²) in [7, 11) is 4.47. The maximum absolute atomic E-state index is 13.7. The second-order valence-electron chi connectivity index (χ2n) is 10.1. The van der Waals surface area contributed by atoms with E-state index in [2.05, 4.69) is 0 Å². The Hall–Kier alpha value is -4.57. The highest BCUT2D eigenvalue weighted by Crippen LogP contribution is 2.48. The van der Waals surface area contributed by atoms with Crippen LogP contribution in [-0.4, -0.2) is 49.2 Å². The first-order chi connectivity index (χ1) is 19.7. The molecule has 1 amide bonds. The number of aryl methyl sites for hydroxylation is 1. The van der Waals surface area contributed by atoms with Gasteiger partial charge in [-0.15, -0.1) is 0 Å². The molecule has 1 saturated heterocycles. The van der Waals surface area contributed by atoms with E-state index in [1.807, 2.05) is 32.0 Å². The van der Waals surface area contributed by atoms with Crippen LogP contribution in [0, 0.1) is 6.92 Å². The zero-order chi connectivity index (χ0) is 29.0. The van der Waals surface area contributed by atoms with Crippen LogP contribution in [0.5, 0.6) is 23.0 Å². The van der Waals surface area contributed by atoms with Crippen molar-refractivity contribution >= 4 is 44.1 Å². The largest absolute Gasteiger partial charge is 0.507 e. The third-order valence-electron chi connectivity index (χ3n) is 7.36. The molecule has 2 atom stereocenters. The molecule has 1 fully saturated rings. The van der Waals surface area contributed by atoms with E-state index in [-0.39, 0.29) is 17.4 Å². The number of Topliss-reactive ketones (excluding diaryl/α,β-unsaturated/α-hetero) is 1. The first-order valence-corrected chi connectivity index (χ1v) is 13.8. The Bertz CT molecular complexity index is 1730. The molecule has 3 aromatic carbocycles. The van der Waals surface area contributed by atoms with Gasteiger partial charge in [-0.25, -0.2) is 4.98 Å². The Kier molecular flexibility index (Phi) is 6.57. The van der Waals surface area contributed by atoms with Crippen LogP contribution in [-0.2, 0) is 16.0 Å². The number of aromatic nitrogens is 1. The van der Waals surface area contributed by atoms with Gasteiger partial charge in [-0.05, 0) is 73.0 Å². The highest BCUT2D eigenvalue weighted by Gasteiger charge is 2.48. The van der Waals surface area contributed by atoms with Crippen LogP contribution in [0.3, 0.4) is 0 Å². The molecule has 2 aliphatic heterocycles. The molecule has 0 saturated carbocycles. The van der Waals surface area contributed by atoms with E-state index in [0.717, 1.165) is 21.6 Å². The van der Waals surface area contributed by atoms with Crippen molar-refractivity contribution in [1.29, 1.82) is 0 Å². The number of ether oxygens (including phenoxy) is 4. The Morgan fingerprint density at radius 2 is 1.76 bits per heavy atom. The molecule has 0 radical (unpaired) electrons. The van der Waals surface area contributed by atoms with Gasteiger partial charge in [-0.2, -0.15) is 0 Å². The highest BCUT2D eigenvalue weighted by molar-refractivity contribution is 7.22. The number of methoxy groups -OCH3 is 3. The molecule has 0 aliphatic carbocycles. The Labute approximate surface area is 240 Å². The topological polar surface area (TPSA) is 107 Å². The minimum absolute atomic E-state index is 0.00915. The van der Waals surface area contributed by atoms with Gasteiger partial charge in [0.05, 0.1) is 43.2 Å². The smallest absolute Gasteiger partial charge is 0.301 e. The zero-order valence-corrected chi connectivity index (χ0v) is 24.0. The lowest BCUT2D eigenvalue weighted by Crippen LogP contribution is -2.29. The molecule has 2 aliphatic rings. The van der Waals surface area contributed by atoms with Crippen molar-refractivity contribution in [3.63, 3.8) is 0 Å². The second kappa shape index (κ2) is 10.1.